The fourth-order valence-corrected chi connectivity index (χ4v) is 2.55. The summed E-state index contributed by atoms with van der Waals surface area (Å²) in [5.41, 5.74) is 6.05. The van der Waals surface area contributed by atoms with Gasteiger partial charge in [-0.15, -0.1) is 0 Å². The van der Waals surface area contributed by atoms with Crippen LogP contribution in [-0.4, -0.2) is 55.0 Å². The number of likely N-dealkylation sites (N-methyl/N-ethyl adjacent to an activating group) is 1. The van der Waals surface area contributed by atoms with Gasteiger partial charge in [0.05, 0.1) is 16.6 Å². The molecule has 1 fully saturated rings. The van der Waals surface area contributed by atoms with Crippen molar-refractivity contribution in [2.45, 2.75) is 6.04 Å². The number of nitrogens with two attached hydrogens (primary N) is 1. The van der Waals surface area contributed by atoms with Gasteiger partial charge in [0, 0.05) is 26.2 Å². The number of benzene rings is 1. The Morgan fingerprint density at radius 2 is 2.26 bits per heavy atom. The first-order valence-corrected chi connectivity index (χ1v) is 6.55. The molecule has 1 saturated heterocycles. The van der Waals surface area contributed by atoms with E-state index in [0.717, 1.165) is 19.2 Å². The molecule has 19 heavy (non-hydrogen) atoms. The van der Waals surface area contributed by atoms with Gasteiger partial charge in [-0.1, -0.05) is 11.6 Å². The molecule has 1 aliphatic rings. The van der Waals surface area contributed by atoms with Crippen molar-refractivity contribution in [3.05, 3.63) is 34.6 Å². The Labute approximate surface area is 116 Å². The third kappa shape index (κ3) is 3.05. The third-order valence-electron chi connectivity index (χ3n) is 3.38. The van der Waals surface area contributed by atoms with E-state index in [-0.39, 0.29) is 17.0 Å². The van der Waals surface area contributed by atoms with Crippen LogP contribution in [-0.2, 0) is 0 Å². The third-order valence-corrected chi connectivity index (χ3v) is 3.69. The van der Waals surface area contributed by atoms with E-state index in [2.05, 4.69) is 4.90 Å². The van der Waals surface area contributed by atoms with E-state index in [1.54, 1.807) is 4.90 Å². The highest BCUT2D eigenvalue weighted by molar-refractivity contribution is 6.33. The van der Waals surface area contributed by atoms with E-state index >= 15 is 0 Å². The first kappa shape index (κ1) is 14.2. The van der Waals surface area contributed by atoms with Gasteiger partial charge >= 0.3 is 0 Å². The molecule has 2 rings (SSSR count). The summed E-state index contributed by atoms with van der Waals surface area (Å²) in [7, 11) is 2.00. The Hall–Kier alpha value is -1.17. The Kier molecular flexibility index (Phi) is 4.39. The Morgan fingerprint density at radius 1 is 1.53 bits per heavy atom. The average Bonchev–Trinajstić information content (AvgIpc) is 2.37. The molecule has 1 aromatic carbocycles. The van der Waals surface area contributed by atoms with Crippen molar-refractivity contribution in [3.63, 3.8) is 0 Å². The quantitative estimate of drug-likeness (QED) is 0.888. The van der Waals surface area contributed by atoms with Gasteiger partial charge in [0.1, 0.15) is 5.82 Å². The molecule has 0 aromatic heterocycles. The van der Waals surface area contributed by atoms with E-state index in [4.69, 9.17) is 17.3 Å². The SMILES string of the molecule is CN1CCN(C(=O)c2ccc(F)cc2Cl)C(CN)C1. The Bertz CT molecular complexity index is 483. The van der Waals surface area contributed by atoms with Crippen LogP contribution in [0.2, 0.25) is 5.02 Å². The minimum absolute atomic E-state index is 0.0348. The molecule has 1 heterocycles. The lowest BCUT2D eigenvalue weighted by molar-refractivity contribution is 0.0516. The van der Waals surface area contributed by atoms with Crippen LogP contribution in [0.25, 0.3) is 0 Å². The maximum Gasteiger partial charge on any atom is 0.255 e. The number of hydrogen-bond donors (Lipinski definition) is 1. The van der Waals surface area contributed by atoms with Crippen LogP contribution in [0.1, 0.15) is 10.4 Å². The van der Waals surface area contributed by atoms with Gasteiger partial charge in [0.25, 0.3) is 5.91 Å². The monoisotopic (exact) mass is 285 g/mol. The standard InChI is InChI=1S/C13H17ClFN3O/c1-17-4-5-18(10(7-16)8-17)13(19)11-3-2-9(15)6-12(11)14/h2-3,6,10H,4-5,7-8,16H2,1H3. The van der Waals surface area contributed by atoms with Crippen LogP contribution >= 0.6 is 11.6 Å². The lowest BCUT2D eigenvalue weighted by Crippen LogP contribution is -2.56. The molecule has 0 saturated carbocycles. The van der Waals surface area contributed by atoms with Crippen LogP contribution in [0, 0.1) is 5.82 Å². The zero-order valence-electron chi connectivity index (χ0n) is 10.8. The summed E-state index contributed by atoms with van der Waals surface area (Å²) >= 11 is 5.93. The van der Waals surface area contributed by atoms with Gasteiger partial charge in [-0.25, -0.2) is 4.39 Å². The predicted octanol–water partition coefficient (Wildman–Crippen LogP) is 1.19. The normalized spacial score (nSPS) is 20.6. The Balaban J connectivity index is 2.22. The van der Waals surface area contributed by atoms with Gasteiger partial charge in [-0.05, 0) is 25.2 Å². The van der Waals surface area contributed by atoms with Crippen LogP contribution in [0.3, 0.4) is 0 Å². The number of halogens is 2. The van der Waals surface area contributed by atoms with E-state index in [9.17, 15) is 9.18 Å². The lowest BCUT2D eigenvalue weighted by Gasteiger charge is -2.39. The molecule has 1 unspecified atom stereocenters. The van der Waals surface area contributed by atoms with Crippen LogP contribution < -0.4 is 5.73 Å². The minimum Gasteiger partial charge on any atom is -0.332 e. The molecule has 1 atom stereocenters. The number of carbonyl (C=O) groups excluding carboxylic acids is 1. The molecule has 1 amide bonds. The molecular formula is C13H17ClFN3O. The number of hydrogen-bond acceptors (Lipinski definition) is 3. The number of carbonyl (C=O) groups is 1. The second-order valence-corrected chi connectivity index (χ2v) is 5.18. The highest BCUT2D eigenvalue weighted by atomic mass is 35.5. The largest absolute Gasteiger partial charge is 0.332 e. The van der Waals surface area contributed by atoms with Gasteiger partial charge in [0.2, 0.25) is 0 Å². The molecule has 104 valence electrons. The van der Waals surface area contributed by atoms with Crippen molar-refractivity contribution >= 4 is 17.5 Å². The highest BCUT2D eigenvalue weighted by Crippen LogP contribution is 2.21. The summed E-state index contributed by atoms with van der Waals surface area (Å²) in [6.07, 6.45) is 0. The lowest BCUT2D eigenvalue weighted by atomic mass is 10.1. The highest BCUT2D eigenvalue weighted by Gasteiger charge is 2.29. The summed E-state index contributed by atoms with van der Waals surface area (Å²) in [6.45, 7) is 2.53. The molecule has 0 spiro atoms. The van der Waals surface area contributed by atoms with Crippen LogP contribution in [0.4, 0.5) is 4.39 Å². The average molecular weight is 286 g/mol. The van der Waals surface area contributed by atoms with Gasteiger partial charge in [-0.2, -0.15) is 0 Å². The van der Waals surface area contributed by atoms with E-state index < -0.39 is 5.82 Å². The van der Waals surface area contributed by atoms with Gasteiger partial charge < -0.3 is 15.5 Å². The molecular weight excluding hydrogens is 269 g/mol. The summed E-state index contributed by atoms with van der Waals surface area (Å²) in [5, 5.41) is 0.139. The molecule has 0 aliphatic carbocycles. The zero-order chi connectivity index (χ0) is 14.0. The maximum absolute atomic E-state index is 13.0. The molecule has 0 radical (unpaired) electrons. The van der Waals surface area contributed by atoms with Gasteiger partial charge in [-0.3, -0.25) is 4.79 Å². The van der Waals surface area contributed by atoms with Crippen molar-refractivity contribution in [1.29, 1.82) is 0 Å². The number of rotatable bonds is 2. The van der Waals surface area contributed by atoms with Crippen molar-refractivity contribution in [2.75, 3.05) is 33.2 Å². The first-order valence-electron chi connectivity index (χ1n) is 6.17. The molecule has 4 nitrogen and oxygen atoms in total. The second-order valence-electron chi connectivity index (χ2n) is 4.77. The van der Waals surface area contributed by atoms with E-state index in [1.807, 2.05) is 7.05 Å². The molecule has 1 aromatic rings. The summed E-state index contributed by atoms with van der Waals surface area (Å²) in [5.74, 6) is -0.635. The molecule has 2 N–H and O–H groups in total. The van der Waals surface area contributed by atoms with Crippen molar-refractivity contribution in [2.24, 2.45) is 5.73 Å². The smallest absolute Gasteiger partial charge is 0.255 e. The summed E-state index contributed by atoms with van der Waals surface area (Å²) in [6, 6.07) is 3.79. The summed E-state index contributed by atoms with van der Waals surface area (Å²) in [4.78, 5) is 16.3. The second kappa shape index (κ2) is 5.86. The van der Waals surface area contributed by atoms with E-state index in [1.165, 1.54) is 12.1 Å². The number of amides is 1. The summed E-state index contributed by atoms with van der Waals surface area (Å²) < 4.78 is 13.0. The first-order chi connectivity index (χ1) is 9.02. The molecule has 0 bridgehead atoms. The fourth-order valence-electron chi connectivity index (χ4n) is 2.30. The molecule has 1 aliphatic heterocycles. The fraction of sp³-hybridized carbons (Fsp3) is 0.462. The van der Waals surface area contributed by atoms with Crippen LogP contribution in [0.5, 0.6) is 0 Å². The topological polar surface area (TPSA) is 49.6 Å². The van der Waals surface area contributed by atoms with Crippen molar-refractivity contribution < 1.29 is 9.18 Å². The zero-order valence-corrected chi connectivity index (χ0v) is 11.5. The van der Waals surface area contributed by atoms with E-state index in [0.29, 0.717) is 18.7 Å². The minimum atomic E-state index is -0.449. The Morgan fingerprint density at radius 3 is 2.89 bits per heavy atom. The maximum atomic E-state index is 13.0. The van der Waals surface area contributed by atoms with Gasteiger partial charge in [0.15, 0.2) is 0 Å². The predicted molar refractivity (Wildman–Crippen MR) is 72.8 cm³/mol. The molecule has 6 heteroatoms. The number of piperazine rings is 1. The van der Waals surface area contributed by atoms with Crippen molar-refractivity contribution in [3.8, 4) is 0 Å². The van der Waals surface area contributed by atoms with Crippen molar-refractivity contribution in [1.82, 2.24) is 9.80 Å². The van der Waals surface area contributed by atoms with Crippen LogP contribution in [0.15, 0.2) is 18.2 Å². The number of nitrogens with zero attached hydrogens (tertiary/aromatic N) is 2.